The molecule has 1 aliphatic rings. The Morgan fingerprint density at radius 2 is 1.86 bits per heavy atom. The van der Waals surface area contributed by atoms with Crippen molar-refractivity contribution < 1.29 is 17.9 Å². The van der Waals surface area contributed by atoms with Crippen molar-refractivity contribution in [1.29, 1.82) is 0 Å². The van der Waals surface area contributed by atoms with Gasteiger partial charge in [0.2, 0.25) is 5.88 Å². The molecule has 0 saturated heterocycles. The summed E-state index contributed by atoms with van der Waals surface area (Å²) < 4.78 is 43.8. The molecule has 4 nitrogen and oxygen atoms in total. The van der Waals surface area contributed by atoms with Gasteiger partial charge < -0.3 is 10.5 Å². The van der Waals surface area contributed by atoms with Crippen molar-refractivity contribution in [2.75, 3.05) is 5.73 Å². The van der Waals surface area contributed by atoms with Gasteiger partial charge in [-0.3, -0.25) is 4.98 Å². The molecule has 0 atom stereocenters. The molecule has 3 rings (SSSR count). The molecular formula is C15H16F3N3O. The second-order valence-corrected chi connectivity index (χ2v) is 5.58. The fraction of sp³-hybridized carbons (Fsp3) is 0.467. The van der Waals surface area contributed by atoms with Gasteiger partial charge in [0.25, 0.3) is 0 Å². The quantitative estimate of drug-likeness (QED) is 0.918. The predicted molar refractivity (Wildman–Crippen MR) is 76.4 cm³/mol. The molecule has 1 fully saturated rings. The van der Waals surface area contributed by atoms with Crippen LogP contribution < -0.4 is 10.5 Å². The predicted octanol–water partition coefficient (Wildman–Crippen LogP) is 3.71. The molecule has 7 heteroatoms. The molecule has 1 saturated carbocycles. The lowest BCUT2D eigenvalue weighted by Crippen LogP contribution is -2.32. The number of halogens is 3. The highest BCUT2D eigenvalue weighted by Gasteiger charge is 2.41. The van der Waals surface area contributed by atoms with Gasteiger partial charge in [-0.25, -0.2) is 4.98 Å². The summed E-state index contributed by atoms with van der Waals surface area (Å²) in [5.74, 6) is -0.835. The number of aromatic nitrogens is 2. The topological polar surface area (TPSA) is 61.0 Å². The zero-order valence-electron chi connectivity index (χ0n) is 11.8. The first-order valence-electron chi connectivity index (χ1n) is 7.17. The van der Waals surface area contributed by atoms with Crippen LogP contribution in [-0.2, 0) is 0 Å². The first-order chi connectivity index (χ1) is 10.4. The fourth-order valence-corrected chi connectivity index (χ4v) is 2.80. The Hall–Kier alpha value is -2.05. The molecule has 22 heavy (non-hydrogen) atoms. The molecule has 0 unspecified atom stereocenters. The standard InChI is InChI=1S/C15H16F3N3O/c16-15(17,18)9-1-3-11(4-2-9)22-14-12-7-10(19)8-21-13(12)5-6-20-14/h5-9,11H,1-4,19H2/t9-,11-. The van der Waals surface area contributed by atoms with Gasteiger partial charge in [0, 0.05) is 6.20 Å². The van der Waals surface area contributed by atoms with Crippen LogP contribution in [0.1, 0.15) is 25.7 Å². The minimum atomic E-state index is -4.11. The number of hydrogen-bond acceptors (Lipinski definition) is 4. The number of nitrogens with zero attached hydrogens (tertiary/aromatic N) is 2. The van der Waals surface area contributed by atoms with Crippen LogP contribution in [0, 0.1) is 5.92 Å². The Labute approximate surface area is 125 Å². The SMILES string of the molecule is Nc1cnc2ccnc(O[C@H]3CC[C@H](C(F)(F)F)CC3)c2c1. The number of rotatable bonds is 2. The lowest BCUT2D eigenvalue weighted by atomic mass is 9.87. The van der Waals surface area contributed by atoms with Crippen LogP contribution in [0.25, 0.3) is 10.9 Å². The van der Waals surface area contributed by atoms with Crippen LogP contribution in [0.15, 0.2) is 24.5 Å². The molecule has 118 valence electrons. The van der Waals surface area contributed by atoms with E-state index in [0.717, 1.165) is 0 Å². The van der Waals surface area contributed by atoms with Gasteiger partial charge in [0.05, 0.1) is 28.7 Å². The highest BCUT2D eigenvalue weighted by atomic mass is 19.4. The van der Waals surface area contributed by atoms with Crippen LogP contribution in [0.2, 0.25) is 0 Å². The van der Waals surface area contributed by atoms with E-state index < -0.39 is 12.1 Å². The van der Waals surface area contributed by atoms with E-state index in [1.54, 1.807) is 24.5 Å². The molecule has 0 amide bonds. The molecule has 2 aromatic rings. The minimum absolute atomic E-state index is 0.0965. The monoisotopic (exact) mass is 311 g/mol. The van der Waals surface area contributed by atoms with Gasteiger partial charge in [0.15, 0.2) is 0 Å². The summed E-state index contributed by atoms with van der Waals surface area (Å²) in [4.78, 5) is 8.35. The Balaban J connectivity index is 1.74. The molecule has 2 N–H and O–H groups in total. The van der Waals surface area contributed by atoms with E-state index in [-0.39, 0.29) is 18.9 Å². The summed E-state index contributed by atoms with van der Waals surface area (Å²) in [5, 5.41) is 0.681. The largest absolute Gasteiger partial charge is 0.474 e. The van der Waals surface area contributed by atoms with Crippen LogP contribution in [0.5, 0.6) is 5.88 Å². The number of anilines is 1. The maximum absolute atomic E-state index is 12.7. The molecule has 0 aromatic carbocycles. The lowest BCUT2D eigenvalue weighted by molar-refractivity contribution is -0.185. The van der Waals surface area contributed by atoms with Gasteiger partial charge in [-0.05, 0) is 37.8 Å². The van der Waals surface area contributed by atoms with E-state index in [4.69, 9.17) is 10.5 Å². The Morgan fingerprint density at radius 3 is 2.55 bits per heavy atom. The van der Waals surface area contributed by atoms with E-state index >= 15 is 0 Å². The summed E-state index contributed by atoms with van der Waals surface area (Å²) in [6.45, 7) is 0. The second-order valence-electron chi connectivity index (χ2n) is 5.58. The van der Waals surface area contributed by atoms with E-state index in [2.05, 4.69) is 9.97 Å². The summed E-state index contributed by atoms with van der Waals surface area (Å²) >= 11 is 0. The van der Waals surface area contributed by atoms with Crippen molar-refractivity contribution >= 4 is 16.6 Å². The third-order valence-electron chi connectivity index (χ3n) is 4.01. The maximum atomic E-state index is 12.7. The first-order valence-corrected chi connectivity index (χ1v) is 7.17. The average Bonchev–Trinajstić information content (AvgIpc) is 2.47. The van der Waals surface area contributed by atoms with Crippen LogP contribution in [-0.4, -0.2) is 22.2 Å². The zero-order chi connectivity index (χ0) is 15.7. The van der Waals surface area contributed by atoms with Crippen molar-refractivity contribution in [3.8, 4) is 5.88 Å². The third-order valence-corrected chi connectivity index (χ3v) is 4.01. The number of hydrogen-bond donors (Lipinski definition) is 1. The number of pyridine rings is 2. The fourth-order valence-electron chi connectivity index (χ4n) is 2.80. The molecule has 0 radical (unpaired) electrons. The Kier molecular flexibility index (Phi) is 3.80. The summed E-state index contributed by atoms with van der Waals surface area (Å²) in [6.07, 6.45) is -0.309. The smallest absolute Gasteiger partial charge is 0.391 e. The molecular weight excluding hydrogens is 295 g/mol. The number of ether oxygens (including phenoxy) is 1. The van der Waals surface area contributed by atoms with Crippen molar-refractivity contribution in [1.82, 2.24) is 9.97 Å². The number of fused-ring (bicyclic) bond motifs is 1. The maximum Gasteiger partial charge on any atom is 0.391 e. The van der Waals surface area contributed by atoms with Crippen molar-refractivity contribution in [2.45, 2.75) is 38.0 Å². The van der Waals surface area contributed by atoms with E-state index in [9.17, 15) is 13.2 Å². The third kappa shape index (κ3) is 3.08. The summed E-state index contributed by atoms with van der Waals surface area (Å²) in [5.41, 5.74) is 6.91. The van der Waals surface area contributed by atoms with Gasteiger partial charge in [-0.2, -0.15) is 13.2 Å². The first kappa shape index (κ1) is 14.9. The van der Waals surface area contributed by atoms with Gasteiger partial charge >= 0.3 is 6.18 Å². The molecule has 2 aromatic heterocycles. The van der Waals surface area contributed by atoms with Gasteiger partial charge in [0.1, 0.15) is 6.10 Å². The minimum Gasteiger partial charge on any atom is -0.474 e. The van der Waals surface area contributed by atoms with Crippen LogP contribution in [0.3, 0.4) is 0 Å². The average molecular weight is 311 g/mol. The molecule has 2 heterocycles. The number of nitrogens with two attached hydrogens (primary N) is 1. The van der Waals surface area contributed by atoms with Gasteiger partial charge in [-0.15, -0.1) is 0 Å². The highest BCUT2D eigenvalue weighted by molar-refractivity contribution is 5.85. The molecule has 1 aliphatic carbocycles. The second kappa shape index (κ2) is 5.62. The van der Waals surface area contributed by atoms with Crippen molar-refractivity contribution in [3.63, 3.8) is 0 Å². The number of alkyl halides is 3. The Morgan fingerprint density at radius 1 is 1.14 bits per heavy atom. The van der Waals surface area contributed by atoms with E-state index in [1.165, 1.54) is 0 Å². The van der Waals surface area contributed by atoms with E-state index in [0.29, 0.717) is 35.3 Å². The van der Waals surface area contributed by atoms with Crippen molar-refractivity contribution in [3.05, 3.63) is 24.5 Å². The Bertz CT molecular complexity index is 667. The molecule has 0 aliphatic heterocycles. The van der Waals surface area contributed by atoms with Crippen molar-refractivity contribution in [2.24, 2.45) is 5.92 Å². The van der Waals surface area contributed by atoms with E-state index in [1.807, 2.05) is 0 Å². The summed E-state index contributed by atoms with van der Waals surface area (Å²) in [7, 11) is 0. The number of nitrogen functional groups attached to an aromatic ring is 1. The van der Waals surface area contributed by atoms with Crippen LogP contribution >= 0.6 is 0 Å². The lowest BCUT2D eigenvalue weighted by Gasteiger charge is -2.30. The molecule has 0 spiro atoms. The highest BCUT2D eigenvalue weighted by Crippen LogP contribution is 2.38. The van der Waals surface area contributed by atoms with Gasteiger partial charge in [-0.1, -0.05) is 0 Å². The summed E-state index contributed by atoms with van der Waals surface area (Å²) in [6, 6.07) is 3.45. The molecule has 0 bridgehead atoms. The normalized spacial score (nSPS) is 22.7. The zero-order valence-corrected chi connectivity index (χ0v) is 11.8. The van der Waals surface area contributed by atoms with Crippen LogP contribution in [0.4, 0.5) is 18.9 Å².